The average Bonchev–Trinajstić information content (AvgIpc) is 2.32. The summed E-state index contributed by atoms with van der Waals surface area (Å²) in [5.41, 5.74) is 6.62. The Morgan fingerprint density at radius 1 is 1.05 bits per heavy atom. The van der Waals surface area contributed by atoms with Crippen molar-refractivity contribution in [2.45, 2.75) is 6.54 Å². The fraction of sp³-hybridized carbons (Fsp3) is 0.0769. The second-order valence-electron chi connectivity index (χ2n) is 3.95. The summed E-state index contributed by atoms with van der Waals surface area (Å²) in [5.74, 6) is -1.01. The van der Waals surface area contributed by atoms with E-state index in [1.54, 1.807) is 0 Å². The molecule has 0 amide bonds. The molecule has 2 aromatic carbocycles. The topological polar surface area (TPSA) is 38.0 Å². The largest absolute Gasteiger partial charge is 0.399 e. The molecule has 3 N–H and O–H groups in total. The van der Waals surface area contributed by atoms with Crippen molar-refractivity contribution in [1.29, 1.82) is 0 Å². The van der Waals surface area contributed by atoms with Gasteiger partial charge >= 0.3 is 0 Å². The normalized spacial score (nSPS) is 10.5. The van der Waals surface area contributed by atoms with Gasteiger partial charge in [-0.3, -0.25) is 0 Å². The van der Waals surface area contributed by atoms with Crippen molar-refractivity contribution < 1.29 is 8.78 Å². The maximum absolute atomic E-state index is 13.4. The maximum Gasteiger partial charge on any atom is 0.128 e. The Kier molecular flexibility index (Phi) is 4.12. The van der Waals surface area contributed by atoms with Crippen molar-refractivity contribution in [3.63, 3.8) is 0 Å². The number of nitrogens with two attached hydrogens (primary N) is 1. The van der Waals surface area contributed by atoms with Gasteiger partial charge in [0.05, 0.1) is 15.7 Å². The van der Waals surface area contributed by atoms with Crippen molar-refractivity contribution in [3.8, 4) is 0 Å². The lowest BCUT2D eigenvalue weighted by atomic mass is 10.2. The van der Waals surface area contributed by atoms with Crippen LogP contribution in [0.2, 0.25) is 10.0 Å². The van der Waals surface area contributed by atoms with Gasteiger partial charge in [-0.1, -0.05) is 23.2 Å². The summed E-state index contributed by atoms with van der Waals surface area (Å²) in [4.78, 5) is 0. The minimum Gasteiger partial charge on any atom is -0.399 e. The summed E-state index contributed by atoms with van der Waals surface area (Å²) in [5, 5.41) is 3.51. The van der Waals surface area contributed by atoms with Gasteiger partial charge in [0.25, 0.3) is 0 Å². The third kappa shape index (κ3) is 3.28. The van der Waals surface area contributed by atoms with Crippen molar-refractivity contribution >= 4 is 34.6 Å². The van der Waals surface area contributed by atoms with Gasteiger partial charge in [0.1, 0.15) is 11.6 Å². The molecule has 0 spiro atoms. The Hall–Kier alpha value is -1.52. The third-order valence-electron chi connectivity index (χ3n) is 2.53. The summed E-state index contributed by atoms with van der Waals surface area (Å²) in [7, 11) is 0. The molecule has 0 radical (unpaired) electrons. The molecule has 6 heteroatoms. The van der Waals surface area contributed by atoms with E-state index in [1.807, 2.05) is 0 Å². The predicted molar refractivity (Wildman–Crippen MR) is 74.6 cm³/mol. The number of hydrogen-bond donors (Lipinski definition) is 2. The van der Waals surface area contributed by atoms with Crippen LogP contribution in [0.4, 0.5) is 20.2 Å². The quantitative estimate of drug-likeness (QED) is 0.821. The van der Waals surface area contributed by atoms with Crippen molar-refractivity contribution in [2.24, 2.45) is 0 Å². The Balaban J connectivity index is 2.21. The molecule has 0 atom stereocenters. The molecule has 0 aliphatic carbocycles. The molecule has 0 bridgehead atoms. The van der Waals surface area contributed by atoms with E-state index < -0.39 is 11.6 Å². The first-order valence-electron chi connectivity index (χ1n) is 5.39. The number of benzene rings is 2. The molecule has 0 aromatic heterocycles. The Morgan fingerprint density at radius 2 is 1.68 bits per heavy atom. The van der Waals surface area contributed by atoms with Gasteiger partial charge in [0, 0.05) is 17.8 Å². The average molecular weight is 303 g/mol. The standard InChI is InChI=1S/C13H10Cl2F2N2/c14-10-4-9(18)5-11(15)13(10)19-6-7-3-8(16)1-2-12(7)17/h1-5,19H,6,18H2. The molecule has 0 aliphatic rings. The molecule has 2 rings (SSSR count). The zero-order chi connectivity index (χ0) is 14.0. The van der Waals surface area contributed by atoms with E-state index in [0.29, 0.717) is 21.4 Å². The van der Waals surface area contributed by atoms with E-state index in [-0.39, 0.29) is 12.1 Å². The van der Waals surface area contributed by atoms with Gasteiger partial charge in [-0.25, -0.2) is 8.78 Å². The van der Waals surface area contributed by atoms with Gasteiger partial charge in [0.2, 0.25) is 0 Å². The van der Waals surface area contributed by atoms with E-state index in [4.69, 9.17) is 28.9 Å². The molecule has 2 aromatic rings. The van der Waals surface area contributed by atoms with Crippen LogP contribution in [0.3, 0.4) is 0 Å². The first kappa shape index (κ1) is 13.9. The SMILES string of the molecule is Nc1cc(Cl)c(NCc2cc(F)ccc2F)c(Cl)c1. The van der Waals surface area contributed by atoms with E-state index in [2.05, 4.69) is 5.32 Å². The molecular weight excluding hydrogens is 293 g/mol. The Labute approximate surface area is 119 Å². The predicted octanol–water partition coefficient (Wildman–Crippen LogP) is 4.47. The van der Waals surface area contributed by atoms with Gasteiger partial charge in [-0.15, -0.1) is 0 Å². The lowest BCUT2D eigenvalue weighted by molar-refractivity contribution is 0.587. The summed E-state index contributed by atoms with van der Waals surface area (Å²) < 4.78 is 26.5. The highest BCUT2D eigenvalue weighted by Crippen LogP contribution is 2.33. The third-order valence-corrected chi connectivity index (χ3v) is 3.12. The number of nitrogens with one attached hydrogen (secondary N) is 1. The molecule has 0 saturated carbocycles. The summed E-state index contributed by atoms with van der Waals surface area (Å²) in [6, 6.07) is 6.29. The number of anilines is 2. The highest BCUT2D eigenvalue weighted by Gasteiger charge is 2.09. The number of nitrogen functional groups attached to an aromatic ring is 1. The molecule has 0 heterocycles. The van der Waals surface area contributed by atoms with Crippen LogP contribution in [-0.4, -0.2) is 0 Å². The molecule has 0 saturated heterocycles. The summed E-state index contributed by atoms with van der Waals surface area (Å²) >= 11 is 12.0. The highest BCUT2D eigenvalue weighted by atomic mass is 35.5. The van der Waals surface area contributed by atoms with Crippen LogP contribution < -0.4 is 11.1 Å². The number of rotatable bonds is 3. The molecule has 0 aliphatic heterocycles. The minimum atomic E-state index is -0.507. The molecule has 0 fully saturated rings. The maximum atomic E-state index is 13.4. The molecular formula is C13H10Cl2F2N2. The Bertz CT molecular complexity index is 595. The number of halogens is 4. The number of hydrogen-bond acceptors (Lipinski definition) is 2. The van der Waals surface area contributed by atoms with Gasteiger partial charge in [-0.2, -0.15) is 0 Å². The van der Waals surface area contributed by atoms with E-state index >= 15 is 0 Å². The van der Waals surface area contributed by atoms with E-state index in [1.165, 1.54) is 12.1 Å². The molecule has 0 unspecified atom stereocenters. The molecule has 19 heavy (non-hydrogen) atoms. The van der Waals surface area contributed by atoms with E-state index in [9.17, 15) is 8.78 Å². The summed E-state index contributed by atoms with van der Waals surface area (Å²) in [6.45, 7) is 0.0625. The fourth-order valence-electron chi connectivity index (χ4n) is 1.62. The lowest BCUT2D eigenvalue weighted by Crippen LogP contribution is -2.04. The van der Waals surface area contributed by atoms with Crippen LogP contribution in [0.1, 0.15) is 5.56 Å². The van der Waals surface area contributed by atoms with Crippen molar-refractivity contribution in [2.75, 3.05) is 11.1 Å². The second kappa shape index (κ2) is 5.63. The second-order valence-corrected chi connectivity index (χ2v) is 4.76. The smallest absolute Gasteiger partial charge is 0.128 e. The lowest BCUT2D eigenvalue weighted by Gasteiger charge is -2.12. The molecule has 100 valence electrons. The molecule has 2 nitrogen and oxygen atoms in total. The Morgan fingerprint density at radius 3 is 2.32 bits per heavy atom. The van der Waals surface area contributed by atoms with Crippen LogP contribution in [0.25, 0.3) is 0 Å². The van der Waals surface area contributed by atoms with Crippen molar-refractivity contribution in [3.05, 3.63) is 57.6 Å². The first-order chi connectivity index (χ1) is 8.97. The van der Waals surface area contributed by atoms with Crippen LogP contribution >= 0.6 is 23.2 Å². The van der Waals surface area contributed by atoms with Crippen LogP contribution in [0.5, 0.6) is 0 Å². The summed E-state index contributed by atoms with van der Waals surface area (Å²) in [6.07, 6.45) is 0. The fourth-order valence-corrected chi connectivity index (χ4v) is 2.26. The highest BCUT2D eigenvalue weighted by molar-refractivity contribution is 6.39. The van der Waals surface area contributed by atoms with Gasteiger partial charge < -0.3 is 11.1 Å². The zero-order valence-electron chi connectivity index (χ0n) is 9.68. The van der Waals surface area contributed by atoms with Gasteiger partial charge in [-0.05, 0) is 30.3 Å². The first-order valence-corrected chi connectivity index (χ1v) is 6.15. The van der Waals surface area contributed by atoms with E-state index in [0.717, 1.165) is 18.2 Å². The van der Waals surface area contributed by atoms with Crippen LogP contribution in [0, 0.1) is 11.6 Å². The van der Waals surface area contributed by atoms with Gasteiger partial charge in [0.15, 0.2) is 0 Å². The van der Waals surface area contributed by atoms with Crippen LogP contribution in [0.15, 0.2) is 30.3 Å². The minimum absolute atomic E-state index is 0.0625. The zero-order valence-corrected chi connectivity index (χ0v) is 11.2. The monoisotopic (exact) mass is 302 g/mol. The van der Waals surface area contributed by atoms with Crippen LogP contribution in [-0.2, 0) is 6.54 Å². The van der Waals surface area contributed by atoms with Crippen molar-refractivity contribution in [1.82, 2.24) is 0 Å².